The minimum atomic E-state index is -4.13. The number of amides is 1. The number of rotatable bonds is 7. The molecule has 1 heterocycles. The van der Waals surface area contributed by atoms with Gasteiger partial charge in [-0.2, -0.15) is 4.31 Å². The van der Waals surface area contributed by atoms with E-state index in [0.29, 0.717) is 11.3 Å². The molecule has 9 nitrogen and oxygen atoms in total. The monoisotopic (exact) mass is 372 g/mol. The fourth-order valence-electron chi connectivity index (χ4n) is 2.42. The largest absolute Gasteiger partial charge is 0.480 e. The van der Waals surface area contributed by atoms with E-state index in [4.69, 9.17) is 9.47 Å². The summed E-state index contributed by atoms with van der Waals surface area (Å²) in [6.45, 7) is 3.97. The molecule has 2 N–H and O–H groups in total. The lowest BCUT2D eigenvalue weighted by Gasteiger charge is -2.26. The Kier molecular flexibility index (Phi) is 5.53. The number of benzene rings is 1. The van der Waals surface area contributed by atoms with Gasteiger partial charge in [-0.05, 0) is 25.5 Å². The summed E-state index contributed by atoms with van der Waals surface area (Å²) in [5.41, 5.74) is 0.409. The fourth-order valence-corrected chi connectivity index (χ4v) is 4.23. The van der Waals surface area contributed by atoms with Crippen molar-refractivity contribution in [3.05, 3.63) is 17.7 Å². The predicted octanol–water partition coefficient (Wildman–Crippen LogP) is 0.324. The minimum absolute atomic E-state index is 0.00392. The summed E-state index contributed by atoms with van der Waals surface area (Å²) < 4.78 is 37.3. The number of aryl methyl sites for hydroxylation is 1. The van der Waals surface area contributed by atoms with Gasteiger partial charge in [0, 0.05) is 26.1 Å². The molecule has 2 rings (SSSR count). The van der Waals surface area contributed by atoms with Gasteiger partial charge in [-0.15, -0.1) is 0 Å². The quantitative estimate of drug-likeness (QED) is 0.707. The third-order valence-corrected chi connectivity index (χ3v) is 5.86. The van der Waals surface area contributed by atoms with Crippen LogP contribution in [-0.4, -0.2) is 55.6 Å². The van der Waals surface area contributed by atoms with Crippen LogP contribution in [0.2, 0.25) is 0 Å². The number of carboxylic acid groups (broad SMARTS) is 1. The standard InChI is InChI=1S/C15H20N2O7S/c1-9-6-12-13(24-8-23-12)7-14(9)25(21,22)17(10(2)15(19)20)5-4-16-11(3)18/h6-7,10H,4-5,8H2,1-3H3,(H,16,18)(H,19,20). The van der Waals surface area contributed by atoms with E-state index < -0.39 is 22.0 Å². The molecular weight excluding hydrogens is 352 g/mol. The number of nitrogens with one attached hydrogen (secondary N) is 1. The molecule has 0 spiro atoms. The van der Waals surface area contributed by atoms with Gasteiger partial charge in [0.25, 0.3) is 0 Å². The van der Waals surface area contributed by atoms with E-state index in [9.17, 15) is 23.1 Å². The van der Waals surface area contributed by atoms with Crippen LogP contribution in [0.4, 0.5) is 0 Å². The number of sulfonamides is 1. The summed E-state index contributed by atoms with van der Waals surface area (Å²) in [6.07, 6.45) is 0. The second kappa shape index (κ2) is 7.28. The summed E-state index contributed by atoms with van der Waals surface area (Å²) in [4.78, 5) is 22.3. The van der Waals surface area contributed by atoms with Crippen molar-refractivity contribution in [2.75, 3.05) is 19.9 Å². The summed E-state index contributed by atoms with van der Waals surface area (Å²) in [6, 6.07) is 1.56. The van der Waals surface area contributed by atoms with E-state index in [1.54, 1.807) is 6.92 Å². The zero-order valence-electron chi connectivity index (χ0n) is 14.1. The minimum Gasteiger partial charge on any atom is -0.480 e. The first kappa shape index (κ1) is 19.0. The van der Waals surface area contributed by atoms with Gasteiger partial charge in [0.15, 0.2) is 11.5 Å². The highest BCUT2D eigenvalue weighted by Crippen LogP contribution is 2.37. The Morgan fingerprint density at radius 2 is 1.92 bits per heavy atom. The van der Waals surface area contributed by atoms with Crippen LogP contribution < -0.4 is 14.8 Å². The lowest BCUT2D eigenvalue weighted by molar-refractivity contribution is -0.140. The van der Waals surface area contributed by atoms with Gasteiger partial charge in [-0.3, -0.25) is 9.59 Å². The smallest absolute Gasteiger partial charge is 0.321 e. The Bertz CT molecular complexity index is 791. The number of fused-ring (bicyclic) bond motifs is 1. The molecule has 1 aliphatic heterocycles. The Labute approximate surface area is 145 Å². The highest BCUT2D eigenvalue weighted by atomic mass is 32.2. The number of hydrogen-bond acceptors (Lipinski definition) is 6. The maximum Gasteiger partial charge on any atom is 0.321 e. The zero-order chi connectivity index (χ0) is 18.8. The summed E-state index contributed by atoms with van der Waals surface area (Å²) in [7, 11) is -4.13. The molecule has 0 saturated carbocycles. The molecule has 1 aromatic rings. The zero-order valence-corrected chi connectivity index (χ0v) is 14.9. The molecule has 1 aromatic carbocycles. The van der Waals surface area contributed by atoms with Gasteiger partial charge < -0.3 is 19.9 Å². The highest BCUT2D eigenvalue weighted by Gasteiger charge is 2.35. The SMILES string of the molecule is CC(=O)NCCN(C(C)C(=O)O)S(=O)(=O)c1cc2c(cc1C)OCO2. The molecule has 0 bridgehead atoms. The molecule has 0 fully saturated rings. The first-order valence-electron chi connectivity index (χ1n) is 7.54. The van der Waals surface area contributed by atoms with E-state index in [2.05, 4.69) is 5.32 Å². The van der Waals surface area contributed by atoms with Crippen LogP contribution in [0.25, 0.3) is 0 Å². The van der Waals surface area contributed by atoms with E-state index in [1.165, 1.54) is 26.0 Å². The first-order valence-corrected chi connectivity index (χ1v) is 8.98. The number of aliphatic carboxylic acids is 1. The molecule has 10 heteroatoms. The van der Waals surface area contributed by atoms with Crippen molar-refractivity contribution in [1.82, 2.24) is 9.62 Å². The summed E-state index contributed by atoms with van der Waals surface area (Å²) >= 11 is 0. The van der Waals surface area contributed by atoms with Crippen LogP contribution in [0, 0.1) is 6.92 Å². The number of carbonyl (C=O) groups is 2. The predicted molar refractivity (Wildman–Crippen MR) is 87.0 cm³/mol. The van der Waals surface area contributed by atoms with Crippen molar-refractivity contribution < 1.29 is 32.6 Å². The van der Waals surface area contributed by atoms with Crippen molar-refractivity contribution in [2.45, 2.75) is 31.7 Å². The van der Waals surface area contributed by atoms with Crippen molar-refractivity contribution in [3.8, 4) is 11.5 Å². The highest BCUT2D eigenvalue weighted by molar-refractivity contribution is 7.89. The number of carbonyl (C=O) groups excluding carboxylic acids is 1. The molecule has 138 valence electrons. The normalized spacial score (nSPS) is 14.4. The maximum absolute atomic E-state index is 13.0. The molecule has 1 atom stereocenters. The summed E-state index contributed by atoms with van der Waals surface area (Å²) in [5, 5.41) is 11.7. The topological polar surface area (TPSA) is 122 Å². The molecule has 0 radical (unpaired) electrons. The van der Waals surface area contributed by atoms with E-state index in [0.717, 1.165) is 4.31 Å². The second-order valence-corrected chi connectivity index (χ2v) is 7.44. The third kappa shape index (κ3) is 4.02. The maximum atomic E-state index is 13.0. The molecule has 1 aliphatic rings. The van der Waals surface area contributed by atoms with E-state index in [-0.39, 0.29) is 36.4 Å². The van der Waals surface area contributed by atoms with E-state index >= 15 is 0 Å². The average Bonchev–Trinajstić information content (AvgIpc) is 2.96. The van der Waals surface area contributed by atoms with Crippen LogP contribution in [0.1, 0.15) is 19.4 Å². The molecule has 25 heavy (non-hydrogen) atoms. The Morgan fingerprint density at radius 1 is 1.32 bits per heavy atom. The van der Waals surface area contributed by atoms with Gasteiger partial charge in [0.05, 0.1) is 4.90 Å². The molecular formula is C15H20N2O7S. The lowest BCUT2D eigenvalue weighted by Crippen LogP contribution is -2.46. The average molecular weight is 372 g/mol. The fraction of sp³-hybridized carbons (Fsp3) is 0.467. The van der Waals surface area contributed by atoms with Crippen LogP contribution in [0.5, 0.6) is 11.5 Å². The van der Waals surface area contributed by atoms with Crippen molar-refractivity contribution in [2.24, 2.45) is 0 Å². The van der Waals surface area contributed by atoms with Crippen molar-refractivity contribution >= 4 is 21.9 Å². The number of nitrogens with zero attached hydrogens (tertiary/aromatic N) is 1. The molecule has 0 aromatic heterocycles. The Morgan fingerprint density at radius 3 is 2.48 bits per heavy atom. The molecule has 1 amide bonds. The number of ether oxygens (including phenoxy) is 2. The Hall–Kier alpha value is -2.33. The van der Waals surface area contributed by atoms with Crippen molar-refractivity contribution in [1.29, 1.82) is 0 Å². The number of carboxylic acids is 1. The van der Waals surface area contributed by atoms with Gasteiger partial charge in [-0.25, -0.2) is 8.42 Å². The van der Waals surface area contributed by atoms with Gasteiger partial charge in [-0.1, -0.05) is 0 Å². The number of hydrogen-bond donors (Lipinski definition) is 2. The Balaban J connectivity index is 2.40. The van der Waals surface area contributed by atoms with Crippen LogP contribution in [-0.2, 0) is 19.6 Å². The van der Waals surface area contributed by atoms with Crippen LogP contribution in [0.3, 0.4) is 0 Å². The van der Waals surface area contributed by atoms with E-state index in [1.807, 2.05) is 0 Å². The molecule has 0 saturated heterocycles. The molecule has 1 unspecified atom stereocenters. The van der Waals surface area contributed by atoms with Crippen LogP contribution >= 0.6 is 0 Å². The van der Waals surface area contributed by atoms with Gasteiger partial charge >= 0.3 is 5.97 Å². The first-order chi connectivity index (χ1) is 11.6. The summed E-state index contributed by atoms with van der Waals surface area (Å²) in [5.74, 6) is -0.897. The lowest BCUT2D eigenvalue weighted by atomic mass is 10.2. The van der Waals surface area contributed by atoms with Gasteiger partial charge in [0.2, 0.25) is 22.7 Å². The third-order valence-electron chi connectivity index (χ3n) is 3.75. The van der Waals surface area contributed by atoms with Gasteiger partial charge in [0.1, 0.15) is 6.04 Å². The second-order valence-electron chi connectivity index (χ2n) is 5.58. The molecule has 0 aliphatic carbocycles. The van der Waals surface area contributed by atoms with Crippen molar-refractivity contribution in [3.63, 3.8) is 0 Å². The van der Waals surface area contributed by atoms with Crippen LogP contribution in [0.15, 0.2) is 17.0 Å².